The van der Waals surface area contributed by atoms with E-state index in [-0.39, 0.29) is 5.91 Å². The monoisotopic (exact) mass is 250 g/mol. The minimum absolute atomic E-state index is 0.315. The molecule has 1 aliphatic rings. The van der Waals surface area contributed by atoms with Gasteiger partial charge in [0.1, 0.15) is 6.10 Å². The van der Waals surface area contributed by atoms with Crippen molar-refractivity contribution in [2.75, 3.05) is 5.32 Å². The molecule has 2 atom stereocenters. The second kappa shape index (κ2) is 5.14. The summed E-state index contributed by atoms with van der Waals surface area (Å²) in [5.74, 6) is -1.34. The number of aliphatic carboxylic acids is 1. The lowest BCUT2D eigenvalue weighted by Crippen LogP contribution is -2.29. The zero-order valence-corrected chi connectivity index (χ0v) is 9.92. The zero-order chi connectivity index (χ0) is 13.1. The van der Waals surface area contributed by atoms with Gasteiger partial charge in [0.15, 0.2) is 6.10 Å². The lowest BCUT2D eigenvalue weighted by Gasteiger charge is -2.11. The van der Waals surface area contributed by atoms with Crippen molar-refractivity contribution in [3.8, 4) is 0 Å². The van der Waals surface area contributed by atoms with Crippen LogP contribution in [0.3, 0.4) is 0 Å². The molecule has 1 aromatic heterocycles. The number of nitrogens with one attached hydrogen (secondary N) is 1. The Morgan fingerprint density at radius 2 is 2.17 bits per heavy atom. The van der Waals surface area contributed by atoms with Gasteiger partial charge in [-0.25, -0.2) is 4.79 Å². The highest BCUT2D eigenvalue weighted by Gasteiger charge is 2.34. The molecule has 1 aromatic rings. The molecule has 2 N–H and O–H groups in total. The molecule has 1 aliphatic heterocycles. The minimum atomic E-state index is -1.02. The van der Waals surface area contributed by atoms with E-state index < -0.39 is 18.2 Å². The SMILES string of the molecule is Cc1cc(NC(=O)C2CCC(C(=O)O)O2)ccn1. The number of ether oxygens (including phenoxy) is 1. The summed E-state index contributed by atoms with van der Waals surface area (Å²) < 4.78 is 5.16. The standard InChI is InChI=1S/C12H14N2O4/c1-7-6-8(4-5-13-7)14-11(15)9-2-3-10(18-9)12(16)17/h4-6,9-10H,2-3H2,1H3,(H,16,17)(H,13,14,15). The molecule has 6 heteroatoms. The van der Waals surface area contributed by atoms with Crippen molar-refractivity contribution in [2.24, 2.45) is 0 Å². The summed E-state index contributed by atoms with van der Waals surface area (Å²) in [5.41, 5.74) is 1.43. The van der Waals surface area contributed by atoms with Crippen molar-refractivity contribution in [1.29, 1.82) is 0 Å². The van der Waals surface area contributed by atoms with Crippen LogP contribution in [-0.4, -0.2) is 34.2 Å². The summed E-state index contributed by atoms with van der Waals surface area (Å²) in [4.78, 5) is 26.6. The molecule has 18 heavy (non-hydrogen) atoms. The summed E-state index contributed by atoms with van der Waals surface area (Å²) in [6.45, 7) is 1.82. The first-order chi connectivity index (χ1) is 8.56. The number of rotatable bonds is 3. The number of anilines is 1. The molecule has 1 amide bonds. The van der Waals surface area contributed by atoms with Crippen LogP contribution in [0.2, 0.25) is 0 Å². The highest BCUT2D eigenvalue weighted by atomic mass is 16.5. The van der Waals surface area contributed by atoms with Gasteiger partial charge in [-0.1, -0.05) is 0 Å². The van der Waals surface area contributed by atoms with Gasteiger partial charge in [0.2, 0.25) is 0 Å². The van der Waals surface area contributed by atoms with Gasteiger partial charge in [-0.2, -0.15) is 0 Å². The lowest BCUT2D eigenvalue weighted by molar-refractivity contribution is -0.150. The molecule has 2 rings (SSSR count). The van der Waals surface area contributed by atoms with Crippen LogP contribution in [0.5, 0.6) is 0 Å². The fourth-order valence-corrected chi connectivity index (χ4v) is 1.86. The van der Waals surface area contributed by atoms with E-state index in [1.807, 2.05) is 6.92 Å². The molecular formula is C12H14N2O4. The molecule has 0 spiro atoms. The van der Waals surface area contributed by atoms with Crippen LogP contribution in [0.15, 0.2) is 18.3 Å². The predicted octanol–water partition coefficient (Wildman–Crippen LogP) is 0.961. The fourth-order valence-electron chi connectivity index (χ4n) is 1.86. The molecule has 0 saturated carbocycles. The maximum absolute atomic E-state index is 11.8. The van der Waals surface area contributed by atoms with Crippen molar-refractivity contribution in [1.82, 2.24) is 4.98 Å². The fraction of sp³-hybridized carbons (Fsp3) is 0.417. The Bertz CT molecular complexity index is 475. The highest BCUT2D eigenvalue weighted by Crippen LogP contribution is 2.21. The number of nitrogens with zero attached hydrogens (tertiary/aromatic N) is 1. The summed E-state index contributed by atoms with van der Waals surface area (Å²) >= 11 is 0. The number of aryl methyl sites for hydroxylation is 1. The molecule has 6 nitrogen and oxygen atoms in total. The Balaban J connectivity index is 1.95. The molecule has 96 valence electrons. The number of hydrogen-bond acceptors (Lipinski definition) is 4. The van der Waals surface area contributed by atoms with Gasteiger partial charge in [0, 0.05) is 17.6 Å². The van der Waals surface area contributed by atoms with Gasteiger partial charge in [-0.05, 0) is 31.9 Å². The first-order valence-electron chi connectivity index (χ1n) is 5.68. The maximum Gasteiger partial charge on any atom is 0.332 e. The third-order valence-corrected chi connectivity index (χ3v) is 2.75. The van der Waals surface area contributed by atoms with Crippen molar-refractivity contribution in [3.05, 3.63) is 24.0 Å². The largest absolute Gasteiger partial charge is 0.479 e. The minimum Gasteiger partial charge on any atom is -0.479 e. The van der Waals surface area contributed by atoms with Crippen LogP contribution in [0.25, 0.3) is 0 Å². The van der Waals surface area contributed by atoms with E-state index >= 15 is 0 Å². The molecule has 0 bridgehead atoms. The van der Waals surface area contributed by atoms with Gasteiger partial charge >= 0.3 is 5.97 Å². The smallest absolute Gasteiger partial charge is 0.332 e. The number of carboxylic acid groups (broad SMARTS) is 1. The van der Waals surface area contributed by atoms with Crippen LogP contribution in [0.1, 0.15) is 18.5 Å². The number of carbonyl (C=O) groups excluding carboxylic acids is 1. The Morgan fingerprint density at radius 3 is 2.78 bits per heavy atom. The summed E-state index contributed by atoms with van der Waals surface area (Å²) in [5, 5.41) is 11.5. The average Bonchev–Trinajstić information content (AvgIpc) is 2.78. The topological polar surface area (TPSA) is 88.5 Å². The summed E-state index contributed by atoms with van der Waals surface area (Å²) in [6, 6.07) is 3.41. The number of carboxylic acids is 1. The van der Waals surface area contributed by atoms with Crippen molar-refractivity contribution < 1.29 is 19.4 Å². The van der Waals surface area contributed by atoms with E-state index in [0.29, 0.717) is 18.5 Å². The molecule has 1 fully saturated rings. The van der Waals surface area contributed by atoms with E-state index in [0.717, 1.165) is 5.69 Å². The number of carbonyl (C=O) groups is 2. The van der Waals surface area contributed by atoms with E-state index in [2.05, 4.69) is 10.3 Å². The Labute approximate surface area is 104 Å². The normalized spacial score (nSPS) is 22.7. The first kappa shape index (κ1) is 12.5. The third-order valence-electron chi connectivity index (χ3n) is 2.75. The maximum atomic E-state index is 11.8. The molecular weight excluding hydrogens is 236 g/mol. The van der Waals surface area contributed by atoms with Crippen molar-refractivity contribution >= 4 is 17.6 Å². The second-order valence-corrected chi connectivity index (χ2v) is 4.20. The van der Waals surface area contributed by atoms with Crippen LogP contribution >= 0.6 is 0 Å². The predicted molar refractivity (Wildman–Crippen MR) is 63.1 cm³/mol. The van der Waals surface area contributed by atoms with E-state index in [1.54, 1.807) is 18.3 Å². The molecule has 2 heterocycles. The molecule has 0 aliphatic carbocycles. The number of pyridine rings is 1. The number of amides is 1. The van der Waals surface area contributed by atoms with Gasteiger partial charge in [0.05, 0.1) is 0 Å². The second-order valence-electron chi connectivity index (χ2n) is 4.20. The zero-order valence-electron chi connectivity index (χ0n) is 9.92. The molecule has 2 unspecified atom stereocenters. The van der Waals surface area contributed by atoms with Crippen LogP contribution in [0, 0.1) is 6.92 Å². The van der Waals surface area contributed by atoms with Gasteiger partial charge in [-0.3, -0.25) is 9.78 Å². The van der Waals surface area contributed by atoms with Crippen LogP contribution in [-0.2, 0) is 14.3 Å². The van der Waals surface area contributed by atoms with E-state index in [1.165, 1.54) is 0 Å². The summed E-state index contributed by atoms with van der Waals surface area (Å²) in [7, 11) is 0. The highest BCUT2D eigenvalue weighted by molar-refractivity contribution is 5.94. The molecule has 1 saturated heterocycles. The number of aromatic nitrogens is 1. The Hall–Kier alpha value is -1.95. The van der Waals surface area contributed by atoms with Crippen LogP contribution in [0.4, 0.5) is 5.69 Å². The first-order valence-corrected chi connectivity index (χ1v) is 5.68. The van der Waals surface area contributed by atoms with Gasteiger partial charge in [-0.15, -0.1) is 0 Å². The Kier molecular flexibility index (Phi) is 3.57. The Morgan fingerprint density at radius 1 is 1.44 bits per heavy atom. The van der Waals surface area contributed by atoms with Crippen molar-refractivity contribution in [2.45, 2.75) is 32.0 Å². The third kappa shape index (κ3) is 2.84. The number of hydrogen-bond donors (Lipinski definition) is 2. The average molecular weight is 250 g/mol. The van der Waals surface area contributed by atoms with Crippen LogP contribution < -0.4 is 5.32 Å². The van der Waals surface area contributed by atoms with E-state index in [4.69, 9.17) is 9.84 Å². The summed E-state index contributed by atoms with van der Waals surface area (Å²) in [6.07, 6.45) is 0.815. The van der Waals surface area contributed by atoms with Gasteiger partial charge in [0.25, 0.3) is 5.91 Å². The van der Waals surface area contributed by atoms with Gasteiger partial charge < -0.3 is 15.2 Å². The quantitative estimate of drug-likeness (QED) is 0.834. The van der Waals surface area contributed by atoms with Crippen molar-refractivity contribution in [3.63, 3.8) is 0 Å². The lowest BCUT2D eigenvalue weighted by atomic mass is 10.2. The van der Waals surface area contributed by atoms with E-state index in [9.17, 15) is 9.59 Å². The molecule has 0 radical (unpaired) electrons. The molecule has 0 aromatic carbocycles.